The van der Waals surface area contributed by atoms with Crippen LogP contribution >= 0.6 is 0 Å². The zero-order chi connectivity index (χ0) is 22.7. The summed E-state index contributed by atoms with van der Waals surface area (Å²) in [6, 6.07) is 14.6. The van der Waals surface area contributed by atoms with Gasteiger partial charge >= 0.3 is 0 Å². The molecule has 0 spiro atoms. The van der Waals surface area contributed by atoms with E-state index in [2.05, 4.69) is 20.6 Å². The van der Waals surface area contributed by atoms with E-state index in [1.807, 2.05) is 37.3 Å². The van der Waals surface area contributed by atoms with Crippen LogP contribution < -0.4 is 20.5 Å². The summed E-state index contributed by atoms with van der Waals surface area (Å²) in [5.74, 6) is 1.79. The molecule has 0 fully saturated rings. The largest absolute Gasteiger partial charge is 0.493 e. The van der Waals surface area contributed by atoms with Gasteiger partial charge in [-0.15, -0.1) is 5.10 Å². The molecule has 1 amide bonds. The van der Waals surface area contributed by atoms with Crippen LogP contribution in [0.15, 0.2) is 52.9 Å². The fourth-order valence-electron chi connectivity index (χ4n) is 3.12. The quantitative estimate of drug-likeness (QED) is 0.454. The third-order valence-corrected chi connectivity index (χ3v) is 4.84. The number of nitrogens with one attached hydrogen (secondary N) is 1. The summed E-state index contributed by atoms with van der Waals surface area (Å²) >= 11 is 0. The van der Waals surface area contributed by atoms with Crippen molar-refractivity contribution in [3.8, 4) is 23.0 Å². The first kappa shape index (κ1) is 20.9. The second-order valence-corrected chi connectivity index (χ2v) is 6.89. The number of anilines is 2. The first-order valence-electron chi connectivity index (χ1n) is 9.74. The van der Waals surface area contributed by atoms with Crippen LogP contribution in [-0.2, 0) is 6.54 Å². The maximum Gasteiger partial charge on any atom is 0.280 e. The van der Waals surface area contributed by atoms with Crippen LogP contribution in [0.25, 0.3) is 11.5 Å². The number of nitrogens with zero attached hydrogens (tertiary/aromatic N) is 4. The number of carbonyl (C=O) groups is 1. The normalized spacial score (nSPS) is 10.7. The van der Waals surface area contributed by atoms with E-state index < -0.39 is 5.91 Å². The molecule has 0 saturated heterocycles. The van der Waals surface area contributed by atoms with Gasteiger partial charge in [0.15, 0.2) is 23.0 Å². The first-order valence-corrected chi connectivity index (χ1v) is 9.74. The monoisotopic (exact) mass is 434 g/mol. The Morgan fingerprint density at radius 3 is 2.59 bits per heavy atom. The molecule has 2 heterocycles. The van der Waals surface area contributed by atoms with Gasteiger partial charge in [-0.2, -0.15) is 0 Å². The topological polar surface area (TPSA) is 130 Å². The summed E-state index contributed by atoms with van der Waals surface area (Å²) in [7, 11) is 3.05. The fraction of sp³-hybridized carbons (Fsp3) is 0.182. The minimum atomic E-state index is -0.497. The predicted octanol–water partition coefficient (Wildman–Crippen LogP) is 3.14. The lowest BCUT2D eigenvalue weighted by Gasteiger charge is -2.10. The number of benzene rings is 2. The smallest absolute Gasteiger partial charge is 0.280 e. The summed E-state index contributed by atoms with van der Waals surface area (Å²) < 4.78 is 17.6. The molecule has 4 rings (SSSR count). The van der Waals surface area contributed by atoms with Gasteiger partial charge < -0.3 is 24.9 Å². The van der Waals surface area contributed by atoms with Gasteiger partial charge in [-0.05, 0) is 31.2 Å². The minimum Gasteiger partial charge on any atom is -0.493 e. The summed E-state index contributed by atoms with van der Waals surface area (Å²) in [6.07, 6.45) is 0. The van der Waals surface area contributed by atoms with Crippen molar-refractivity contribution < 1.29 is 18.7 Å². The van der Waals surface area contributed by atoms with Gasteiger partial charge in [0.25, 0.3) is 5.91 Å². The number of oxazole rings is 1. The maximum absolute atomic E-state index is 12.7. The van der Waals surface area contributed by atoms with Crippen LogP contribution in [0, 0.1) is 6.92 Å². The Hall–Kier alpha value is -4.34. The van der Waals surface area contributed by atoms with Gasteiger partial charge in [0.2, 0.25) is 5.89 Å². The summed E-state index contributed by atoms with van der Waals surface area (Å²) in [5, 5.41) is 10.7. The number of carbonyl (C=O) groups excluding carboxylic acids is 1. The Balaban J connectivity index is 1.51. The number of amides is 1. The molecular formula is C22H22N6O4. The minimum absolute atomic E-state index is 0.00390. The number of hydrogen-bond acceptors (Lipinski definition) is 8. The van der Waals surface area contributed by atoms with Crippen molar-refractivity contribution in [2.75, 3.05) is 25.3 Å². The number of ether oxygens (including phenoxy) is 2. The second kappa shape index (κ2) is 8.80. The first-order chi connectivity index (χ1) is 15.5. The van der Waals surface area contributed by atoms with Crippen LogP contribution in [0.2, 0.25) is 0 Å². The van der Waals surface area contributed by atoms with E-state index >= 15 is 0 Å². The highest BCUT2D eigenvalue weighted by Gasteiger charge is 2.20. The van der Waals surface area contributed by atoms with Crippen molar-refractivity contribution in [2.24, 2.45) is 0 Å². The van der Waals surface area contributed by atoms with Crippen molar-refractivity contribution in [2.45, 2.75) is 13.5 Å². The van der Waals surface area contributed by atoms with Crippen molar-refractivity contribution in [1.82, 2.24) is 20.0 Å². The predicted molar refractivity (Wildman–Crippen MR) is 118 cm³/mol. The highest BCUT2D eigenvalue weighted by Crippen LogP contribution is 2.30. The Labute approximate surface area is 184 Å². The Kier molecular flexibility index (Phi) is 5.75. The van der Waals surface area contributed by atoms with Gasteiger partial charge in [-0.25, -0.2) is 9.67 Å². The van der Waals surface area contributed by atoms with E-state index in [1.165, 1.54) is 18.9 Å². The number of methoxy groups -OCH3 is 2. The van der Waals surface area contributed by atoms with Crippen molar-refractivity contribution in [3.63, 3.8) is 0 Å². The Bertz CT molecular complexity index is 1250. The number of aromatic nitrogens is 4. The average molecular weight is 434 g/mol. The van der Waals surface area contributed by atoms with Crippen molar-refractivity contribution in [3.05, 3.63) is 65.7 Å². The Morgan fingerprint density at radius 1 is 1.12 bits per heavy atom. The van der Waals surface area contributed by atoms with E-state index in [-0.39, 0.29) is 18.1 Å². The average Bonchev–Trinajstić information content (AvgIpc) is 3.37. The molecule has 0 aliphatic rings. The third kappa shape index (κ3) is 4.10. The molecule has 0 unspecified atom stereocenters. The highest BCUT2D eigenvalue weighted by atomic mass is 16.5. The molecule has 0 atom stereocenters. The summed E-state index contributed by atoms with van der Waals surface area (Å²) in [6.45, 7) is 2.03. The van der Waals surface area contributed by atoms with Crippen LogP contribution in [0.5, 0.6) is 11.5 Å². The lowest BCUT2D eigenvalue weighted by molar-refractivity contribution is 0.102. The zero-order valence-corrected chi connectivity index (χ0v) is 17.8. The molecule has 4 aromatic rings. The lowest BCUT2D eigenvalue weighted by atomic mass is 10.2. The van der Waals surface area contributed by atoms with E-state index in [4.69, 9.17) is 19.6 Å². The van der Waals surface area contributed by atoms with Crippen LogP contribution in [0.1, 0.15) is 21.9 Å². The van der Waals surface area contributed by atoms with E-state index in [0.29, 0.717) is 34.5 Å². The van der Waals surface area contributed by atoms with E-state index in [1.54, 1.807) is 18.2 Å². The molecule has 10 nitrogen and oxygen atoms in total. The summed E-state index contributed by atoms with van der Waals surface area (Å²) in [5.41, 5.74) is 8.16. The molecule has 0 saturated carbocycles. The molecule has 2 aromatic heterocycles. The van der Waals surface area contributed by atoms with Gasteiger partial charge in [-0.1, -0.05) is 23.4 Å². The van der Waals surface area contributed by atoms with Crippen molar-refractivity contribution in [1.29, 1.82) is 0 Å². The molecule has 164 valence electrons. The molecule has 32 heavy (non-hydrogen) atoms. The molecule has 0 aliphatic heterocycles. The summed E-state index contributed by atoms with van der Waals surface area (Å²) in [4.78, 5) is 17.2. The standard InChI is InChI=1S/C22H22N6O4/c1-13-16(25-22(32-13)14-7-5-4-6-8-14)12-28-20(23)19(26-27-28)21(29)24-15-9-10-17(30-2)18(11-15)31-3/h4-11H,12,23H2,1-3H3,(H,24,29). The highest BCUT2D eigenvalue weighted by molar-refractivity contribution is 6.05. The zero-order valence-electron chi connectivity index (χ0n) is 17.8. The van der Waals surface area contributed by atoms with Crippen molar-refractivity contribution >= 4 is 17.4 Å². The van der Waals surface area contributed by atoms with E-state index in [9.17, 15) is 4.79 Å². The van der Waals surface area contributed by atoms with Gasteiger partial charge in [-0.3, -0.25) is 4.79 Å². The second-order valence-electron chi connectivity index (χ2n) is 6.89. The molecule has 0 radical (unpaired) electrons. The molecule has 10 heteroatoms. The molecule has 3 N–H and O–H groups in total. The number of nitrogens with two attached hydrogens (primary N) is 1. The Morgan fingerprint density at radius 2 is 1.88 bits per heavy atom. The number of hydrogen-bond donors (Lipinski definition) is 2. The number of aryl methyl sites for hydroxylation is 1. The molecule has 2 aromatic carbocycles. The molecule has 0 aliphatic carbocycles. The van der Waals surface area contributed by atoms with Crippen LogP contribution in [-0.4, -0.2) is 40.1 Å². The number of rotatable bonds is 7. The molecule has 0 bridgehead atoms. The van der Waals surface area contributed by atoms with Gasteiger partial charge in [0, 0.05) is 17.3 Å². The van der Waals surface area contributed by atoms with Crippen LogP contribution in [0.4, 0.5) is 11.5 Å². The lowest BCUT2D eigenvalue weighted by Crippen LogP contribution is -2.15. The van der Waals surface area contributed by atoms with Gasteiger partial charge in [0.1, 0.15) is 11.5 Å². The maximum atomic E-state index is 12.7. The van der Waals surface area contributed by atoms with Gasteiger partial charge in [0.05, 0.1) is 20.8 Å². The van der Waals surface area contributed by atoms with Crippen LogP contribution in [0.3, 0.4) is 0 Å². The number of nitrogen functional groups attached to an aromatic ring is 1. The van der Waals surface area contributed by atoms with E-state index in [0.717, 1.165) is 5.56 Å². The third-order valence-electron chi connectivity index (χ3n) is 4.84. The fourth-order valence-corrected chi connectivity index (χ4v) is 3.12. The SMILES string of the molecule is COc1ccc(NC(=O)c2nnn(Cc3nc(-c4ccccc4)oc3C)c2N)cc1OC. The molecular weight excluding hydrogens is 412 g/mol.